The lowest BCUT2D eigenvalue weighted by atomic mass is 9.92. The zero-order valence-electron chi connectivity index (χ0n) is 11.6. The Hall–Kier alpha value is -1.39. The standard InChI is InChI=1S/C15H22N2O2/c1-12-10-17(9-8-14(12)16-19)11-15(2,18)13-6-4-3-5-7-13/h3-7,12,18-19H,8-11H2,1-2H3/b16-14+. The Kier molecular flexibility index (Phi) is 4.22. The molecule has 0 aromatic heterocycles. The first-order valence-corrected chi connectivity index (χ1v) is 6.74. The number of aliphatic hydroxyl groups is 1. The SMILES string of the molecule is CC1CN(CC(C)(O)c2ccccc2)CC/C1=N\O. The van der Waals surface area contributed by atoms with Crippen molar-refractivity contribution in [2.45, 2.75) is 25.9 Å². The van der Waals surface area contributed by atoms with E-state index in [1.165, 1.54) is 0 Å². The molecule has 2 atom stereocenters. The number of rotatable bonds is 3. The van der Waals surface area contributed by atoms with E-state index in [1.807, 2.05) is 37.3 Å². The van der Waals surface area contributed by atoms with Gasteiger partial charge in [-0.05, 0) is 12.5 Å². The second-order valence-electron chi connectivity index (χ2n) is 5.62. The molecule has 1 aromatic carbocycles. The number of β-amino-alcohol motifs (C(OH)–C–C–N with tert-alkyl or cyclic N) is 1. The number of benzene rings is 1. The van der Waals surface area contributed by atoms with E-state index in [9.17, 15) is 5.11 Å². The van der Waals surface area contributed by atoms with Crippen molar-refractivity contribution in [3.8, 4) is 0 Å². The third kappa shape index (κ3) is 3.33. The van der Waals surface area contributed by atoms with Crippen LogP contribution in [0.2, 0.25) is 0 Å². The normalized spacial score (nSPS) is 26.3. The smallest absolute Gasteiger partial charge is 0.0994 e. The van der Waals surface area contributed by atoms with E-state index in [-0.39, 0.29) is 5.92 Å². The van der Waals surface area contributed by atoms with E-state index >= 15 is 0 Å². The van der Waals surface area contributed by atoms with Crippen LogP contribution in [-0.2, 0) is 5.60 Å². The maximum absolute atomic E-state index is 10.6. The van der Waals surface area contributed by atoms with Crippen molar-refractivity contribution in [3.63, 3.8) is 0 Å². The van der Waals surface area contributed by atoms with Crippen LogP contribution in [0.25, 0.3) is 0 Å². The van der Waals surface area contributed by atoms with Gasteiger partial charge < -0.3 is 10.3 Å². The molecule has 0 saturated carbocycles. The van der Waals surface area contributed by atoms with Crippen molar-refractivity contribution in [1.82, 2.24) is 4.90 Å². The van der Waals surface area contributed by atoms with E-state index in [4.69, 9.17) is 5.21 Å². The lowest BCUT2D eigenvalue weighted by molar-refractivity contribution is 0.0122. The van der Waals surface area contributed by atoms with Crippen LogP contribution in [0, 0.1) is 5.92 Å². The summed E-state index contributed by atoms with van der Waals surface area (Å²) in [6.07, 6.45) is 0.766. The zero-order valence-corrected chi connectivity index (χ0v) is 11.6. The van der Waals surface area contributed by atoms with Gasteiger partial charge in [-0.3, -0.25) is 4.90 Å². The van der Waals surface area contributed by atoms with Gasteiger partial charge >= 0.3 is 0 Å². The second kappa shape index (κ2) is 5.72. The molecule has 1 saturated heterocycles. The minimum atomic E-state index is -0.852. The van der Waals surface area contributed by atoms with Crippen LogP contribution in [0.15, 0.2) is 35.5 Å². The highest BCUT2D eigenvalue weighted by atomic mass is 16.4. The number of hydrogen-bond acceptors (Lipinski definition) is 4. The summed E-state index contributed by atoms with van der Waals surface area (Å²) in [6.45, 7) is 6.15. The molecule has 0 amide bonds. The molecule has 1 aliphatic heterocycles. The highest BCUT2D eigenvalue weighted by Crippen LogP contribution is 2.24. The van der Waals surface area contributed by atoms with Crippen molar-refractivity contribution >= 4 is 5.71 Å². The summed E-state index contributed by atoms with van der Waals surface area (Å²) in [5, 5.41) is 22.8. The summed E-state index contributed by atoms with van der Waals surface area (Å²) in [5.74, 6) is 0.241. The minimum absolute atomic E-state index is 0.241. The summed E-state index contributed by atoms with van der Waals surface area (Å²) < 4.78 is 0. The molecule has 4 heteroatoms. The van der Waals surface area contributed by atoms with Gasteiger partial charge in [0.15, 0.2) is 0 Å². The molecule has 19 heavy (non-hydrogen) atoms. The van der Waals surface area contributed by atoms with Gasteiger partial charge in [0.25, 0.3) is 0 Å². The van der Waals surface area contributed by atoms with Gasteiger partial charge in [-0.2, -0.15) is 0 Å². The Morgan fingerprint density at radius 2 is 2.05 bits per heavy atom. The van der Waals surface area contributed by atoms with E-state index in [2.05, 4.69) is 17.0 Å². The average molecular weight is 262 g/mol. The fourth-order valence-corrected chi connectivity index (χ4v) is 2.72. The molecule has 0 bridgehead atoms. The Balaban J connectivity index is 2.02. The Bertz CT molecular complexity index is 443. The number of oxime groups is 1. The van der Waals surface area contributed by atoms with Gasteiger partial charge in [0.2, 0.25) is 0 Å². The molecule has 2 rings (SSSR count). The number of hydrogen-bond donors (Lipinski definition) is 2. The third-order valence-corrected chi connectivity index (χ3v) is 3.84. The molecule has 0 radical (unpaired) electrons. The van der Waals surface area contributed by atoms with Crippen LogP contribution in [0.5, 0.6) is 0 Å². The monoisotopic (exact) mass is 262 g/mol. The molecular formula is C15H22N2O2. The van der Waals surface area contributed by atoms with Crippen LogP contribution in [-0.4, -0.2) is 40.6 Å². The summed E-state index contributed by atoms with van der Waals surface area (Å²) in [5.41, 5.74) is 0.939. The van der Waals surface area contributed by atoms with Crippen molar-refractivity contribution in [2.24, 2.45) is 11.1 Å². The molecule has 1 aromatic rings. The van der Waals surface area contributed by atoms with Crippen LogP contribution >= 0.6 is 0 Å². The molecule has 2 unspecified atom stereocenters. The maximum Gasteiger partial charge on any atom is 0.0994 e. The Morgan fingerprint density at radius 3 is 2.63 bits per heavy atom. The van der Waals surface area contributed by atoms with Crippen molar-refractivity contribution in [2.75, 3.05) is 19.6 Å². The van der Waals surface area contributed by atoms with Gasteiger partial charge in [-0.15, -0.1) is 0 Å². The molecule has 4 nitrogen and oxygen atoms in total. The predicted molar refractivity (Wildman–Crippen MR) is 75.5 cm³/mol. The molecule has 1 heterocycles. The number of likely N-dealkylation sites (tertiary alicyclic amines) is 1. The van der Waals surface area contributed by atoms with Crippen LogP contribution in [0.1, 0.15) is 25.8 Å². The molecule has 0 aliphatic carbocycles. The largest absolute Gasteiger partial charge is 0.411 e. The minimum Gasteiger partial charge on any atom is -0.411 e. The Morgan fingerprint density at radius 1 is 1.37 bits per heavy atom. The van der Waals surface area contributed by atoms with E-state index in [1.54, 1.807) is 0 Å². The fourth-order valence-electron chi connectivity index (χ4n) is 2.72. The topological polar surface area (TPSA) is 56.1 Å². The van der Waals surface area contributed by atoms with Gasteiger partial charge in [-0.1, -0.05) is 42.4 Å². The molecule has 1 fully saturated rings. The van der Waals surface area contributed by atoms with Gasteiger partial charge in [-0.25, -0.2) is 0 Å². The van der Waals surface area contributed by atoms with Crippen LogP contribution in [0.3, 0.4) is 0 Å². The molecule has 0 spiro atoms. The number of piperidine rings is 1. The second-order valence-corrected chi connectivity index (χ2v) is 5.62. The first kappa shape index (κ1) is 14.0. The lowest BCUT2D eigenvalue weighted by Crippen LogP contribution is -2.46. The summed E-state index contributed by atoms with van der Waals surface area (Å²) in [4.78, 5) is 2.23. The first-order chi connectivity index (χ1) is 9.03. The molecular weight excluding hydrogens is 240 g/mol. The summed E-state index contributed by atoms with van der Waals surface area (Å²) >= 11 is 0. The van der Waals surface area contributed by atoms with Crippen molar-refractivity contribution < 1.29 is 10.3 Å². The van der Waals surface area contributed by atoms with E-state index < -0.39 is 5.60 Å². The first-order valence-electron chi connectivity index (χ1n) is 6.74. The fraction of sp³-hybridized carbons (Fsp3) is 0.533. The van der Waals surface area contributed by atoms with E-state index in [0.29, 0.717) is 6.54 Å². The van der Waals surface area contributed by atoms with Crippen LogP contribution in [0.4, 0.5) is 0 Å². The maximum atomic E-state index is 10.6. The molecule has 2 N–H and O–H groups in total. The quantitative estimate of drug-likeness (QED) is 0.647. The summed E-state index contributed by atoms with van der Waals surface area (Å²) in [6, 6.07) is 9.74. The van der Waals surface area contributed by atoms with E-state index in [0.717, 1.165) is 30.8 Å². The lowest BCUT2D eigenvalue weighted by Gasteiger charge is -2.36. The Labute approximate surface area is 114 Å². The van der Waals surface area contributed by atoms with Gasteiger partial charge in [0, 0.05) is 32.0 Å². The van der Waals surface area contributed by atoms with Gasteiger partial charge in [0.1, 0.15) is 0 Å². The molecule has 1 aliphatic rings. The van der Waals surface area contributed by atoms with Crippen LogP contribution < -0.4 is 0 Å². The third-order valence-electron chi connectivity index (χ3n) is 3.84. The van der Waals surface area contributed by atoms with Crippen molar-refractivity contribution in [1.29, 1.82) is 0 Å². The highest BCUT2D eigenvalue weighted by molar-refractivity contribution is 5.86. The molecule has 104 valence electrons. The zero-order chi connectivity index (χ0) is 13.9. The highest BCUT2D eigenvalue weighted by Gasteiger charge is 2.30. The summed E-state index contributed by atoms with van der Waals surface area (Å²) in [7, 11) is 0. The average Bonchev–Trinajstić information content (AvgIpc) is 2.39. The van der Waals surface area contributed by atoms with Gasteiger partial charge in [0.05, 0.1) is 11.3 Å². The number of nitrogens with zero attached hydrogens (tertiary/aromatic N) is 2. The predicted octanol–water partition coefficient (Wildman–Crippen LogP) is 2.07. The van der Waals surface area contributed by atoms with Crippen molar-refractivity contribution in [3.05, 3.63) is 35.9 Å².